The molecule has 1 N–H and O–H groups in total. The molecule has 3 rings (SSSR count). The van der Waals surface area contributed by atoms with Crippen molar-refractivity contribution < 1.29 is 9.90 Å². The third-order valence-corrected chi connectivity index (χ3v) is 5.27. The Hall–Kier alpha value is -1.35. The molecule has 3 atom stereocenters. The number of fused-ring (bicyclic) bond motifs is 1. The Morgan fingerprint density at radius 1 is 1.24 bits per heavy atom. The predicted octanol–water partition coefficient (Wildman–Crippen LogP) is 3.67. The molecule has 0 radical (unpaired) electrons. The topological polar surface area (TPSA) is 40.5 Å². The number of carboxylic acids is 1. The quantitative estimate of drug-likeness (QED) is 0.918. The Morgan fingerprint density at radius 3 is 2.48 bits per heavy atom. The lowest BCUT2D eigenvalue weighted by Crippen LogP contribution is -2.45. The molecule has 1 aromatic carbocycles. The highest BCUT2D eigenvalue weighted by Gasteiger charge is 2.39. The van der Waals surface area contributed by atoms with E-state index in [4.69, 9.17) is 0 Å². The molecule has 1 aliphatic heterocycles. The van der Waals surface area contributed by atoms with E-state index in [0.717, 1.165) is 32.4 Å². The summed E-state index contributed by atoms with van der Waals surface area (Å²) in [6.45, 7) is 4.07. The fraction of sp³-hybridized carbons (Fsp3) is 0.611. The maximum Gasteiger partial charge on any atom is 0.308 e. The van der Waals surface area contributed by atoms with Crippen LogP contribution in [0.3, 0.4) is 0 Å². The average Bonchev–Trinajstić information content (AvgIpc) is 2.91. The number of aliphatic carboxylic acids is 1. The molecule has 114 valence electrons. The number of nitrogens with zero attached hydrogens (tertiary/aromatic N) is 1. The third-order valence-electron chi connectivity index (χ3n) is 5.27. The van der Waals surface area contributed by atoms with Crippen LogP contribution >= 0.6 is 0 Å². The van der Waals surface area contributed by atoms with Gasteiger partial charge in [0.05, 0.1) is 5.92 Å². The number of hydrogen-bond donors (Lipinski definition) is 1. The van der Waals surface area contributed by atoms with Gasteiger partial charge in [-0.25, -0.2) is 0 Å². The van der Waals surface area contributed by atoms with Gasteiger partial charge in [0.2, 0.25) is 0 Å². The third kappa shape index (κ3) is 2.98. The summed E-state index contributed by atoms with van der Waals surface area (Å²) in [5, 5.41) is 9.58. The SMILES string of the molecule is CCCC1CCC(C(=O)O)C(N2Cc3ccccc3C2)C1. The Bertz CT molecular complexity index is 489. The molecule has 3 unspecified atom stereocenters. The Kier molecular flexibility index (Phi) is 4.29. The lowest BCUT2D eigenvalue weighted by molar-refractivity contribution is -0.146. The summed E-state index contributed by atoms with van der Waals surface area (Å²) < 4.78 is 0. The smallest absolute Gasteiger partial charge is 0.308 e. The second kappa shape index (κ2) is 6.18. The van der Waals surface area contributed by atoms with E-state index >= 15 is 0 Å². The summed E-state index contributed by atoms with van der Waals surface area (Å²) in [5.41, 5.74) is 2.75. The first-order chi connectivity index (χ1) is 10.2. The predicted molar refractivity (Wildman–Crippen MR) is 82.9 cm³/mol. The molecule has 0 aromatic heterocycles. The van der Waals surface area contributed by atoms with Gasteiger partial charge in [-0.15, -0.1) is 0 Å². The zero-order valence-electron chi connectivity index (χ0n) is 12.8. The molecule has 1 aromatic rings. The van der Waals surface area contributed by atoms with Gasteiger partial charge in [0.15, 0.2) is 0 Å². The molecular weight excluding hydrogens is 262 g/mol. The van der Waals surface area contributed by atoms with Crippen molar-refractivity contribution in [2.45, 2.75) is 58.2 Å². The molecule has 1 aliphatic carbocycles. The highest BCUT2D eigenvalue weighted by Crippen LogP contribution is 2.38. The minimum absolute atomic E-state index is 0.188. The van der Waals surface area contributed by atoms with Crippen molar-refractivity contribution in [3.63, 3.8) is 0 Å². The number of carboxylic acid groups (broad SMARTS) is 1. The molecule has 0 bridgehead atoms. The van der Waals surface area contributed by atoms with Crippen molar-refractivity contribution in [3.8, 4) is 0 Å². The lowest BCUT2D eigenvalue weighted by atomic mass is 9.76. The minimum Gasteiger partial charge on any atom is -0.481 e. The van der Waals surface area contributed by atoms with E-state index in [9.17, 15) is 9.90 Å². The standard InChI is InChI=1S/C18H25NO2/c1-2-5-13-8-9-16(18(20)21)17(10-13)19-11-14-6-3-4-7-15(14)12-19/h3-4,6-7,13,16-17H,2,5,8-12H2,1H3,(H,20,21). The first kappa shape index (κ1) is 14.6. The number of carbonyl (C=O) groups is 1. The summed E-state index contributed by atoms with van der Waals surface area (Å²) in [4.78, 5) is 14.0. The first-order valence-corrected chi connectivity index (χ1v) is 8.22. The van der Waals surface area contributed by atoms with Crippen molar-refractivity contribution in [2.24, 2.45) is 11.8 Å². The van der Waals surface area contributed by atoms with E-state index in [1.54, 1.807) is 0 Å². The van der Waals surface area contributed by atoms with Crippen LogP contribution < -0.4 is 0 Å². The molecular formula is C18H25NO2. The Morgan fingerprint density at radius 2 is 1.90 bits per heavy atom. The van der Waals surface area contributed by atoms with Crippen LogP contribution in [0.15, 0.2) is 24.3 Å². The number of rotatable bonds is 4. The van der Waals surface area contributed by atoms with E-state index in [2.05, 4.69) is 36.1 Å². The van der Waals surface area contributed by atoms with E-state index in [1.807, 2.05) is 0 Å². The molecule has 1 saturated carbocycles. The van der Waals surface area contributed by atoms with Crippen LogP contribution in [-0.4, -0.2) is 22.0 Å². The van der Waals surface area contributed by atoms with Crippen molar-refractivity contribution in [1.82, 2.24) is 4.90 Å². The van der Waals surface area contributed by atoms with Crippen LogP contribution in [0.4, 0.5) is 0 Å². The molecule has 0 spiro atoms. The van der Waals surface area contributed by atoms with Gasteiger partial charge in [-0.1, -0.05) is 44.0 Å². The summed E-state index contributed by atoms with van der Waals surface area (Å²) >= 11 is 0. The van der Waals surface area contributed by atoms with Gasteiger partial charge in [-0.05, 0) is 36.3 Å². The van der Waals surface area contributed by atoms with Crippen molar-refractivity contribution in [2.75, 3.05) is 0 Å². The van der Waals surface area contributed by atoms with Crippen LogP contribution in [-0.2, 0) is 17.9 Å². The normalized spacial score (nSPS) is 29.3. The summed E-state index contributed by atoms with van der Waals surface area (Å²) in [6.07, 6.45) is 5.43. The second-order valence-corrected chi connectivity index (χ2v) is 6.65. The molecule has 2 aliphatic rings. The van der Waals surface area contributed by atoms with Gasteiger partial charge in [-0.3, -0.25) is 9.69 Å². The van der Waals surface area contributed by atoms with E-state index in [0.29, 0.717) is 5.92 Å². The Balaban J connectivity index is 1.76. The Labute approximate surface area is 127 Å². The summed E-state index contributed by atoms with van der Waals surface area (Å²) in [7, 11) is 0. The number of hydrogen-bond acceptors (Lipinski definition) is 2. The maximum atomic E-state index is 11.6. The zero-order valence-corrected chi connectivity index (χ0v) is 12.8. The molecule has 1 heterocycles. The van der Waals surface area contributed by atoms with Crippen LogP contribution in [0.5, 0.6) is 0 Å². The average molecular weight is 287 g/mol. The van der Waals surface area contributed by atoms with E-state index in [1.165, 1.54) is 24.0 Å². The van der Waals surface area contributed by atoms with E-state index in [-0.39, 0.29) is 12.0 Å². The fourth-order valence-corrected chi connectivity index (χ4v) is 4.19. The maximum absolute atomic E-state index is 11.6. The molecule has 3 nitrogen and oxygen atoms in total. The molecule has 21 heavy (non-hydrogen) atoms. The molecule has 0 saturated heterocycles. The first-order valence-electron chi connectivity index (χ1n) is 8.22. The van der Waals surface area contributed by atoms with Crippen molar-refractivity contribution in [1.29, 1.82) is 0 Å². The summed E-state index contributed by atoms with van der Waals surface area (Å²) in [6, 6.07) is 8.73. The lowest BCUT2D eigenvalue weighted by Gasteiger charge is -2.39. The van der Waals surface area contributed by atoms with Gasteiger partial charge < -0.3 is 5.11 Å². The fourth-order valence-electron chi connectivity index (χ4n) is 4.19. The monoisotopic (exact) mass is 287 g/mol. The highest BCUT2D eigenvalue weighted by molar-refractivity contribution is 5.71. The van der Waals surface area contributed by atoms with Gasteiger partial charge in [0.25, 0.3) is 0 Å². The second-order valence-electron chi connectivity index (χ2n) is 6.65. The van der Waals surface area contributed by atoms with Gasteiger partial charge in [0.1, 0.15) is 0 Å². The van der Waals surface area contributed by atoms with Crippen LogP contribution in [0.25, 0.3) is 0 Å². The van der Waals surface area contributed by atoms with Crippen LogP contribution in [0.1, 0.15) is 50.2 Å². The molecule has 1 fully saturated rings. The molecule has 0 amide bonds. The number of benzene rings is 1. The zero-order chi connectivity index (χ0) is 14.8. The molecule has 3 heteroatoms. The van der Waals surface area contributed by atoms with Gasteiger partial charge >= 0.3 is 5.97 Å². The van der Waals surface area contributed by atoms with Gasteiger partial charge in [0, 0.05) is 19.1 Å². The minimum atomic E-state index is -0.606. The highest BCUT2D eigenvalue weighted by atomic mass is 16.4. The van der Waals surface area contributed by atoms with Crippen LogP contribution in [0, 0.1) is 11.8 Å². The summed E-state index contributed by atoms with van der Waals surface area (Å²) in [5.74, 6) is -0.0855. The van der Waals surface area contributed by atoms with E-state index < -0.39 is 5.97 Å². The van der Waals surface area contributed by atoms with Crippen molar-refractivity contribution >= 4 is 5.97 Å². The van der Waals surface area contributed by atoms with Crippen LogP contribution in [0.2, 0.25) is 0 Å². The van der Waals surface area contributed by atoms with Crippen molar-refractivity contribution in [3.05, 3.63) is 35.4 Å². The van der Waals surface area contributed by atoms with Gasteiger partial charge in [-0.2, -0.15) is 0 Å². The largest absolute Gasteiger partial charge is 0.481 e.